The van der Waals surface area contributed by atoms with Crippen LogP contribution in [-0.4, -0.2) is 31.7 Å². The molecule has 1 unspecified atom stereocenters. The lowest BCUT2D eigenvalue weighted by Crippen LogP contribution is -2.27. The van der Waals surface area contributed by atoms with Crippen molar-refractivity contribution in [2.75, 3.05) is 20.8 Å². The Morgan fingerprint density at radius 1 is 1.27 bits per heavy atom. The van der Waals surface area contributed by atoms with Crippen molar-refractivity contribution in [1.29, 1.82) is 0 Å². The fourth-order valence-corrected chi connectivity index (χ4v) is 3.79. The van der Waals surface area contributed by atoms with E-state index >= 15 is 0 Å². The Labute approximate surface area is 162 Å². The number of hydrogen-bond donors (Lipinski definition) is 1. The summed E-state index contributed by atoms with van der Waals surface area (Å²) in [6.07, 6.45) is 4.83. The van der Waals surface area contributed by atoms with Crippen LogP contribution in [0.4, 0.5) is 0 Å². The van der Waals surface area contributed by atoms with Crippen molar-refractivity contribution >= 4 is 21.8 Å². The topological polar surface area (TPSA) is 60.5 Å². The van der Waals surface area contributed by atoms with E-state index < -0.39 is 0 Å². The number of ether oxygens (including phenoxy) is 2. The normalized spacial score (nSPS) is 14.6. The first-order valence-corrected chi connectivity index (χ1v) is 9.63. The molecule has 0 spiro atoms. The summed E-state index contributed by atoms with van der Waals surface area (Å²) in [6.45, 7) is 0.541. The zero-order valence-electron chi connectivity index (χ0n) is 15.0. The van der Waals surface area contributed by atoms with Gasteiger partial charge in [-0.15, -0.1) is 0 Å². The van der Waals surface area contributed by atoms with E-state index in [0.717, 1.165) is 11.3 Å². The van der Waals surface area contributed by atoms with Gasteiger partial charge in [-0.05, 0) is 55.0 Å². The van der Waals surface area contributed by atoms with Crippen molar-refractivity contribution in [3.05, 3.63) is 53.3 Å². The van der Waals surface area contributed by atoms with Crippen LogP contribution in [0, 0.1) is 5.92 Å². The van der Waals surface area contributed by atoms with Crippen LogP contribution < -0.4 is 14.8 Å². The summed E-state index contributed by atoms with van der Waals surface area (Å²) in [5.41, 5.74) is 2.55. The molecule has 1 aromatic heterocycles. The number of benzene rings is 1. The molecular weight excluding hydrogens is 396 g/mol. The van der Waals surface area contributed by atoms with E-state index in [1.165, 1.54) is 12.8 Å². The molecule has 0 aliphatic heterocycles. The van der Waals surface area contributed by atoms with E-state index in [-0.39, 0.29) is 10.7 Å². The second kappa shape index (κ2) is 8.54. The van der Waals surface area contributed by atoms with Crippen molar-refractivity contribution in [2.24, 2.45) is 5.92 Å². The number of halogens is 1. The first-order chi connectivity index (χ1) is 12.6. The van der Waals surface area contributed by atoms with Gasteiger partial charge in [-0.25, -0.2) is 0 Å². The predicted molar refractivity (Wildman–Crippen MR) is 104 cm³/mol. The lowest BCUT2D eigenvalue weighted by atomic mass is 10.1. The molecule has 3 rings (SSSR count). The minimum atomic E-state index is -0.0846. The summed E-state index contributed by atoms with van der Waals surface area (Å²) in [6, 6.07) is 9.43. The van der Waals surface area contributed by atoms with E-state index in [1.807, 2.05) is 24.3 Å². The Bertz CT molecular complexity index is 777. The van der Waals surface area contributed by atoms with E-state index in [2.05, 4.69) is 26.2 Å². The van der Waals surface area contributed by atoms with E-state index in [9.17, 15) is 4.79 Å². The number of carbonyl (C=O) groups excluding carboxylic acids is 1. The first-order valence-electron chi connectivity index (χ1n) is 8.72. The average Bonchev–Trinajstić information content (AvgIpc) is 3.52. The number of nitrogens with one attached hydrogen (secondary N) is 1. The standard InChI is InChI=1S/C20H23BrN2O3/c1-25-16-8-5-13(12-17(16)26-2)9-11-23-20(24)15-4-3-10-22-19(15)18(21)14-6-7-14/h3-5,8,10,12,14,18H,6-7,9,11H2,1-2H3,(H,23,24). The number of methoxy groups -OCH3 is 2. The van der Waals surface area contributed by atoms with Crippen molar-refractivity contribution in [1.82, 2.24) is 10.3 Å². The molecule has 1 amide bonds. The fraction of sp³-hybridized carbons (Fsp3) is 0.400. The Morgan fingerprint density at radius 2 is 2.04 bits per heavy atom. The third kappa shape index (κ3) is 4.36. The van der Waals surface area contributed by atoms with Gasteiger partial charge in [0.2, 0.25) is 0 Å². The van der Waals surface area contributed by atoms with Gasteiger partial charge in [0.25, 0.3) is 5.91 Å². The Morgan fingerprint density at radius 3 is 2.73 bits per heavy atom. The molecule has 5 nitrogen and oxygen atoms in total. The lowest BCUT2D eigenvalue weighted by Gasteiger charge is -2.13. The maximum absolute atomic E-state index is 12.6. The molecule has 1 aromatic carbocycles. The van der Waals surface area contributed by atoms with E-state index in [4.69, 9.17) is 9.47 Å². The molecule has 0 bridgehead atoms. The van der Waals surface area contributed by atoms with Crippen LogP contribution in [0.5, 0.6) is 11.5 Å². The van der Waals surface area contributed by atoms with Gasteiger partial charge in [-0.3, -0.25) is 9.78 Å². The third-order valence-electron chi connectivity index (χ3n) is 4.53. The van der Waals surface area contributed by atoms with Gasteiger partial charge in [0, 0.05) is 12.7 Å². The van der Waals surface area contributed by atoms with Crippen LogP contribution in [0.3, 0.4) is 0 Å². The molecule has 0 radical (unpaired) electrons. The highest BCUT2D eigenvalue weighted by molar-refractivity contribution is 9.09. The monoisotopic (exact) mass is 418 g/mol. The van der Waals surface area contributed by atoms with Crippen LogP contribution in [0.1, 0.15) is 39.3 Å². The maximum atomic E-state index is 12.6. The molecule has 1 atom stereocenters. The van der Waals surface area contributed by atoms with Crippen LogP contribution in [0.25, 0.3) is 0 Å². The molecule has 138 valence electrons. The number of nitrogens with zero attached hydrogens (tertiary/aromatic N) is 1. The lowest BCUT2D eigenvalue weighted by molar-refractivity contribution is 0.0952. The van der Waals surface area contributed by atoms with Gasteiger partial charge < -0.3 is 14.8 Å². The maximum Gasteiger partial charge on any atom is 0.253 e. The van der Waals surface area contributed by atoms with Crippen LogP contribution >= 0.6 is 15.9 Å². The Balaban J connectivity index is 1.61. The first kappa shape index (κ1) is 18.7. The molecule has 0 saturated heterocycles. The quantitative estimate of drug-likeness (QED) is 0.659. The molecule has 1 aliphatic rings. The summed E-state index contributed by atoms with van der Waals surface area (Å²) >= 11 is 3.70. The van der Waals surface area contributed by atoms with Crippen molar-refractivity contribution < 1.29 is 14.3 Å². The highest BCUT2D eigenvalue weighted by atomic mass is 79.9. The molecule has 1 N–H and O–H groups in total. The van der Waals surface area contributed by atoms with Gasteiger partial charge in [0.15, 0.2) is 11.5 Å². The summed E-state index contributed by atoms with van der Waals surface area (Å²) in [4.78, 5) is 17.2. The zero-order valence-corrected chi connectivity index (χ0v) is 16.6. The second-order valence-electron chi connectivity index (χ2n) is 6.37. The fourth-order valence-electron chi connectivity index (χ4n) is 2.89. The van der Waals surface area contributed by atoms with E-state index in [1.54, 1.807) is 26.5 Å². The molecule has 1 saturated carbocycles. The molecule has 2 aromatic rings. The Hall–Kier alpha value is -2.08. The van der Waals surface area contributed by atoms with Gasteiger partial charge in [-0.1, -0.05) is 22.0 Å². The Kier molecular flexibility index (Phi) is 6.14. The van der Waals surface area contributed by atoms with E-state index in [0.29, 0.717) is 35.9 Å². The number of alkyl halides is 1. The second-order valence-corrected chi connectivity index (χ2v) is 7.36. The van der Waals surface area contributed by atoms with Gasteiger partial charge in [-0.2, -0.15) is 0 Å². The van der Waals surface area contributed by atoms with Crippen molar-refractivity contribution in [3.8, 4) is 11.5 Å². The number of aromatic nitrogens is 1. The highest BCUT2D eigenvalue weighted by Gasteiger charge is 2.33. The number of amides is 1. The van der Waals surface area contributed by atoms with Gasteiger partial charge in [0.1, 0.15) is 0 Å². The van der Waals surface area contributed by atoms with Gasteiger partial charge >= 0.3 is 0 Å². The summed E-state index contributed by atoms with van der Waals surface area (Å²) in [5.74, 6) is 1.89. The van der Waals surface area contributed by atoms with Gasteiger partial charge in [0.05, 0.1) is 30.3 Å². The number of rotatable bonds is 8. The largest absolute Gasteiger partial charge is 0.493 e. The van der Waals surface area contributed by atoms with Crippen molar-refractivity contribution in [3.63, 3.8) is 0 Å². The molecule has 1 heterocycles. The number of carbonyl (C=O) groups is 1. The molecule has 1 aliphatic carbocycles. The molecule has 6 heteroatoms. The van der Waals surface area contributed by atoms with Crippen LogP contribution in [0.2, 0.25) is 0 Å². The SMILES string of the molecule is COc1ccc(CCNC(=O)c2cccnc2C(Br)C2CC2)cc1OC. The predicted octanol–water partition coefficient (Wildman–Crippen LogP) is 3.92. The number of pyridine rings is 1. The highest BCUT2D eigenvalue weighted by Crippen LogP contribution is 2.46. The molecular formula is C20H23BrN2O3. The number of hydrogen-bond acceptors (Lipinski definition) is 4. The third-order valence-corrected chi connectivity index (χ3v) is 5.71. The summed E-state index contributed by atoms with van der Waals surface area (Å²) < 4.78 is 10.6. The average molecular weight is 419 g/mol. The summed E-state index contributed by atoms with van der Waals surface area (Å²) in [5, 5.41) is 3.00. The zero-order chi connectivity index (χ0) is 18.5. The molecule has 1 fully saturated rings. The smallest absolute Gasteiger partial charge is 0.253 e. The minimum absolute atomic E-state index is 0.0846. The van der Waals surface area contributed by atoms with Crippen LogP contribution in [-0.2, 0) is 6.42 Å². The minimum Gasteiger partial charge on any atom is -0.493 e. The molecule has 26 heavy (non-hydrogen) atoms. The van der Waals surface area contributed by atoms with Crippen molar-refractivity contribution in [2.45, 2.75) is 24.1 Å². The summed E-state index contributed by atoms with van der Waals surface area (Å²) in [7, 11) is 3.23. The van der Waals surface area contributed by atoms with Crippen LogP contribution in [0.15, 0.2) is 36.5 Å².